The first kappa shape index (κ1) is 20.2. The molecule has 0 saturated heterocycles. The van der Waals surface area contributed by atoms with Crippen molar-refractivity contribution in [3.05, 3.63) is 76.0 Å². The smallest absolute Gasteiger partial charge is 0.278 e. The molecule has 0 aliphatic heterocycles. The predicted octanol–water partition coefficient (Wildman–Crippen LogP) is 5.56. The van der Waals surface area contributed by atoms with Crippen molar-refractivity contribution in [3.8, 4) is 21.5 Å². The van der Waals surface area contributed by atoms with Gasteiger partial charge in [-0.3, -0.25) is 9.78 Å². The van der Waals surface area contributed by atoms with E-state index in [1.165, 1.54) is 11.3 Å². The normalized spacial score (nSPS) is 11.8. The first-order valence-electron chi connectivity index (χ1n) is 9.36. The minimum Gasteiger partial charge on any atom is -0.431 e. The van der Waals surface area contributed by atoms with Gasteiger partial charge in [-0.15, -0.1) is 11.3 Å². The maximum absolute atomic E-state index is 13.0. The van der Waals surface area contributed by atoms with Gasteiger partial charge in [-0.05, 0) is 50.6 Å². The molecule has 1 N–H and O–H groups in total. The SMILES string of the molecule is Cc1ccc([C@@H](C)NC(=O)c2cc(Oc3nccs3)cc(-c3ncc(C)s3)c2)cn1. The molecule has 0 fully saturated rings. The van der Waals surface area contributed by atoms with Crippen LogP contribution in [0.2, 0.25) is 0 Å². The quantitative estimate of drug-likeness (QED) is 0.428. The molecule has 4 rings (SSSR count). The second-order valence-corrected chi connectivity index (χ2v) is 8.94. The highest BCUT2D eigenvalue weighted by Crippen LogP contribution is 2.32. The zero-order valence-electron chi connectivity index (χ0n) is 16.7. The number of pyridine rings is 1. The summed E-state index contributed by atoms with van der Waals surface area (Å²) in [6.45, 7) is 5.87. The molecule has 0 aliphatic rings. The van der Waals surface area contributed by atoms with Crippen LogP contribution < -0.4 is 10.1 Å². The number of amides is 1. The summed E-state index contributed by atoms with van der Waals surface area (Å²) in [5, 5.41) is 6.24. The Kier molecular flexibility index (Phi) is 5.87. The Morgan fingerprint density at radius 2 is 1.97 bits per heavy atom. The minimum absolute atomic E-state index is 0.181. The third kappa shape index (κ3) is 4.72. The van der Waals surface area contributed by atoms with Gasteiger partial charge in [0.25, 0.3) is 11.1 Å². The molecule has 0 spiro atoms. The maximum atomic E-state index is 13.0. The maximum Gasteiger partial charge on any atom is 0.278 e. The van der Waals surface area contributed by atoms with Crippen LogP contribution in [0.3, 0.4) is 0 Å². The first-order chi connectivity index (χ1) is 14.5. The monoisotopic (exact) mass is 436 g/mol. The van der Waals surface area contributed by atoms with Gasteiger partial charge in [0.05, 0.1) is 6.04 Å². The number of aromatic nitrogens is 3. The van der Waals surface area contributed by atoms with E-state index in [1.54, 1.807) is 29.8 Å². The molecule has 1 atom stereocenters. The van der Waals surface area contributed by atoms with Crippen LogP contribution in [-0.4, -0.2) is 20.9 Å². The zero-order chi connectivity index (χ0) is 21.1. The number of nitrogens with zero attached hydrogens (tertiary/aromatic N) is 3. The van der Waals surface area contributed by atoms with Crippen molar-refractivity contribution in [2.45, 2.75) is 26.8 Å². The van der Waals surface area contributed by atoms with E-state index in [-0.39, 0.29) is 11.9 Å². The molecule has 8 heteroatoms. The molecule has 30 heavy (non-hydrogen) atoms. The van der Waals surface area contributed by atoms with E-state index in [9.17, 15) is 4.79 Å². The molecule has 3 aromatic heterocycles. The molecular formula is C22H20N4O2S2. The Balaban J connectivity index is 1.63. The number of thiazole rings is 2. The largest absolute Gasteiger partial charge is 0.431 e. The van der Waals surface area contributed by atoms with Crippen LogP contribution in [0.25, 0.3) is 10.6 Å². The van der Waals surface area contributed by atoms with Gasteiger partial charge >= 0.3 is 0 Å². The van der Waals surface area contributed by atoms with E-state index in [4.69, 9.17) is 4.74 Å². The molecule has 0 saturated carbocycles. The van der Waals surface area contributed by atoms with Crippen LogP contribution in [0.5, 0.6) is 10.9 Å². The Morgan fingerprint density at radius 1 is 1.10 bits per heavy atom. The van der Waals surface area contributed by atoms with Crippen molar-refractivity contribution in [2.75, 3.05) is 0 Å². The van der Waals surface area contributed by atoms with Crippen molar-refractivity contribution in [3.63, 3.8) is 0 Å². The van der Waals surface area contributed by atoms with Crippen LogP contribution >= 0.6 is 22.7 Å². The number of carbonyl (C=O) groups excluding carboxylic acids is 1. The van der Waals surface area contributed by atoms with Crippen molar-refractivity contribution in [1.82, 2.24) is 20.3 Å². The van der Waals surface area contributed by atoms with Crippen molar-refractivity contribution >= 4 is 28.6 Å². The average Bonchev–Trinajstić information content (AvgIpc) is 3.40. The fourth-order valence-electron chi connectivity index (χ4n) is 2.86. The van der Waals surface area contributed by atoms with Crippen LogP contribution in [0, 0.1) is 13.8 Å². The number of aryl methyl sites for hydroxylation is 2. The van der Waals surface area contributed by atoms with Gasteiger partial charge in [0, 0.05) is 45.7 Å². The number of carbonyl (C=O) groups is 1. The average molecular weight is 437 g/mol. The second-order valence-electron chi connectivity index (χ2n) is 6.85. The highest BCUT2D eigenvalue weighted by atomic mass is 32.1. The van der Waals surface area contributed by atoms with E-state index >= 15 is 0 Å². The van der Waals surface area contributed by atoms with Crippen LogP contribution in [0.4, 0.5) is 0 Å². The van der Waals surface area contributed by atoms with Gasteiger partial charge in [0.15, 0.2) is 0 Å². The van der Waals surface area contributed by atoms with E-state index in [0.29, 0.717) is 16.5 Å². The zero-order valence-corrected chi connectivity index (χ0v) is 18.4. The molecule has 0 unspecified atom stereocenters. The van der Waals surface area contributed by atoms with Gasteiger partial charge in [0.1, 0.15) is 10.8 Å². The first-order valence-corrected chi connectivity index (χ1v) is 11.1. The topological polar surface area (TPSA) is 77.0 Å². The van der Waals surface area contributed by atoms with E-state index in [1.807, 2.05) is 56.6 Å². The molecule has 6 nitrogen and oxygen atoms in total. The van der Waals surface area contributed by atoms with E-state index in [0.717, 1.165) is 26.7 Å². The summed E-state index contributed by atoms with van der Waals surface area (Å²) in [5.41, 5.74) is 3.21. The number of nitrogens with one attached hydrogen (secondary N) is 1. The number of ether oxygens (including phenoxy) is 1. The predicted molar refractivity (Wildman–Crippen MR) is 119 cm³/mol. The Bertz CT molecular complexity index is 1150. The van der Waals surface area contributed by atoms with Gasteiger partial charge < -0.3 is 10.1 Å². The molecule has 3 heterocycles. The summed E-state index contributed by atoms with van der Waals surface area (Å²) in [6, 6.07) is 9.16. The van der Waals surface area contributed by atoms with Crippen LogP contribution in [-0.2, 0) is 0 Å². The lowest BCUT2D eigenvalue weighted by Gasteiger charge is -2.15. The highest BCUT2D eigenvalue weighted by molar-refractivity contribution is 7.15. The molecule has 152 valence electrons. The molecule has 0 radical (unpaired) electrons. The molecular weight excluding hydrogens is 416 g/mol. The Hall–Kier alpha value is -3.10. The lowest BCUT2D eigenvalue weighted by molar-refractivity contribution is 0.0939. The summed E-state index contributed by atoms with van der Waals surface area (Å²) in [5.74, 6) is 0.354. The van der Waals surface area contributed by atoms with Gasteiger partial charge in [0.2, 0.25) is 0 Å². The van der Waals surface area contributed by atoms with Crippen LogP contribution in [0.1, 0.15) is 39.5 Å². The summed E-state index contributed by atoms with van der Waals surface area (Å²) in [7, 11) is 0. The van der Waals surface area contributed by atoms with Crippen molar-refractivity contribution in [1.29, 1.82) is 0 Å². The second kappa shape index (κ2) is 8.73. The summed E-state index contributed by atoms with van der Waals surface area (Å²) >= 11 is 2.96. The third-order valence-corrected chi connectivity index (χ3v) is 6.04. The summed E-state index contributed by atoms with van der Waals surface area (Å²) < 4.78 is 5.88. The molecule has 1 amide bonds. The fraction of sp³-hybridized carbons (Fsp3) is 0.182. The van der Waals surface area contributed by atoms with E-state index in [2.05, 4.69) is 20.3 Å². The minimum atomic E-state index is -0.192. The Labute approximate surface area is 182 Å². The van der Waals surface area contributed by atoms with Crippen molar-refractivity contribution in [2.24, 2.45) is 0 Å². The summed E-state index contributed by atoms with van der Waals surface area (Å²) in [6.07, 6.45) is 5.28. The van der Waals surface area contributed by atoms with Crippen molar-refractivity contribution < 1.29 is 9.53 Å². The highest BCUT2D eigenvalue weighted by Gasteiger charge is 2.16. The fourth-order valence-corrected chi connectivity index (χ4v) is 4.12. The van der Waals surface area contributed by atoms with Crippen LogP contribution in [0.15, 0.2) is 54.3 Å². The Morgan fingerprint density at radius 3 is 2.63 bits per heavy atom. The summed E-state index contributed by atoms with van der Waals surface area (Å²) in [4.78, 5) is 27.0. The molecule has 4 aromatic rings. The molecule has 0 bridgehead atoms. The van der Waals surface area contributed by atoms with Gasteiger partial charge in [-0.25, -0.2) is 9.97 Å². The van der Waals surface area contributed by atoms with E-state index < -0.39 is 0 Å². The number of hydrogen-bond acceptors (Lipinski definition) is 7. The van der Waals surface area contributed by atoms with Gasteiger partial charge in [-0.1, -0.05) is 17.4 Å². The number of benzene rings is 1. The molecule has 0 aliphatic carbocycles. The lowest BCUT2D eigenvalue weighted by atomic mass is 10.1. The lowest BCUT2D eigenvalue weighted by Crippen LogP contribution is -2.26. The third-order valence-electron chi connectivity index (χ3n) is 4.43. The van der Waals surface area contributed by atoms with Gasteiger partial charge in [-0.2, -0.15) is 0 Å². The molecule has 1 aromatic carbocycles. The standard InChI is InChI=1S/C22H20N4O2S2/c1-13-4-5-16(12-24-13)15(3)26-20(27)17-8-18(21-25-11-14(2)30-21)10-19(9-17)28-22-23-6-7-29-22/h4-12,15H,1-3H3,(H,26,27)/t15-/m1/s1. The number of hydrogen-bond donors (Lipinski definition) is 1. The number of rotatable bonds is 6.